The van der Waals surface area contributed by atoms with Gasteiger partial charge in [-0.2, -0.15) is 0 Å². The van der Waals surface area contributed by atoms with E-state index in [1.165, 1.54) is 77.0 Å². The van der Waals surface area contributed by atoms with Gasteiger partial charge in [0.15, 0.2) is 0 Å². The van der Waals surface area contributed by atoms with Crippen LogP contribution in [0.2, 0.25) is 0 Å². The van der Waals surface area contributed by atoms with Crippen LogP contribution in [0, 0.1) is 0 Å². The van der Waals surface area contributed by atoms with Crippen LogP contribution in [0.1, 0.15) is 96.8 Å². The van der Waals surface area contributed by atoms with Crippen molar-refractivity contribution in [3.05, 3.63) is 12.2 Å². The van der Waals surface area contributed by atoms with E-state index in [2.05, 4.69) is 6.92 Å². The van der Waals surface area contributed by atoms with Gasteiger partial charge in [0.05, 0.1) is 6.61 Å². The molecular formula is C20H36O4. The average Bonchev–Trinajstić information content (AvgIpc) is 2.56. The molecule has 0 heterocycles. The van der Waals surface area contributed by atoms with E-state index >= 15 is 0 Å². The van der Waals surface area contributed by atoms with E-state index in [1.54, 1.807) is 0 Å². The number of carboxylic acids is 1. The first-order valence-corrected chi connectivity index (χ1v) is 9.74. The van der Waals surface area contributed by atoms with Crippen LogP contribution in [-0.2, 0) is 14.3 Å². The number of esters is 1. The number of aliphatic carboxylic acids is 1. The summed E-state index contributed by atoms with van der Waals surface area (Å²) < 4.78 is 4.91. The van der Waals surface area contributed by atoms with Gasteiger partial charge in [0.1, 0.15) is 0 Å². The fourth-order valence-corrected chi connectivity index (χ4v) is 2.66. The van der Waals surface area contributed by atoms with Gasteiger partial charge in [-0.15, -0.1) is 0 Å². The Morgan fingerprint density at radius 2 is 1.12 bits per heavy atom. The number of carboxylic acid groups (broad SMARTS) is 1. The fourth-order valence-electron chi connectivity index (χ4n) is 2.66. The summed E-state index contributed by atoms with van der Waals surface area (Å²) in [5, 5.41) is 8.37. The van der Waals surface area contributed by atoms with Crippen molar-refractivity contribution in [2.75, 3.05) is 6.61 Å². The van der Waals surface area contributed by atoms with Gasteiger partial charge >= 0.3 is 11.9 Å². The molecule has 0 amide bonds. The van der Waals surface area contributed by atoms with Gasteiger partial charge in [0.2, 0.25) is 0 Å². The largest absolute Gasteiger partial charge is 0.478 e. The van der Waals surface area contributed by atoms with Crippen LogP contribution in [0.4, 0.5) is 0 Å². The van der Waals surface area contributed by atoms with Gasteiger partial charge < -0.3 is 9.84 Å². The normalized spacial score (nSPS) is 11.0. The molecule has 0 atom stereocenters. The maximum absolute atomic E-state index is 11.1. The Labute approximate surface area is 147 Å². The number of hydrogen-bond donors (Lipinski definition) is 1. The molecule has 0 aliphatic heterocycles. The number of carbonyl (C=O) groups is 2. The number of rotatable bonds is 17. The Kier molecular flexibility index (Phi) is 17.0. The average molecular weight is 341 g/mol. The van der Waals surface area contributed by atoms with E-state index in [9.17, 15) is 9.59 Å². The Hall–Kier alpha value is -1.32. The van der Waals surface area contributed by atoms with Crippen molar-refractivity contribution < 1.29 is 19.4 Å². The molecule has 24 heavy (non-hydrogen) atoms. The molecule has 0 radical (unpaired) electrons. The first-order chi connectivity index (χ1) is 11.7. The number of unbranched alkanes of at least 4 members (excludes halogenated alkanes) is 13. The van der Waals surface area contributed by atoms with Crippen molar-refractivity contribution in [3.63, 3.8) is 0 Å². The molecule has 0 saturated carbocycles. The molecule has 0 rings (SSSR count). The molecule has 0 aliphatic rings. The lowest BCUT2D eigenvalue weighted by Gasteiger charge is -2.04. The molecule has 1 N–H and O–H groups in total. The maximum atomic E-state index is 11.1. The van der Waals surface area contributed by atoms with Gasteiger partial charge in [-0.25, -0.2) is 9.59 Å². The maximum Gasteiger partial charge on any atom is 0.331 e. The quantitative estimate of drug-likeness (QED) is 0.211. The van der Waals surface area contributed by atoms with E-state index in [0.29, 0.717) is 6.61 Å². The van der Waals surface area contributed by atoms with Crippen molar-refractivity contribution in [3.8, 4) is 0 Å². The Morgan fingerprint density at radius 3 is 1.54 bits per heavy atom. The minimum Gasteiger partial charge on any atom is -0.478 e. The monoisotopic (exact) mass is 340 g/mol. The third-order valence-corrected chi connectivity index (χ3v) is 4.10. The lowest BCUT2D eigenvalue weighted by Crippen LogP contribution is -2.03. The molecule has 140 valence electrons. The zero-order chi connectivity index (χ0) is 17.9. The molecule has 4 nitrogen and oxygen atoms in total. The van der Waals surface area contributed by atoms with Gasteiger partial charge in [-0.3, -0.25) is 0 Å². The molecule has 0 aromatic heterocycles. The smallest absolute Gasteiger partial charge is 0.331 e. The summed E-state index contributed by atoms with van der Waals surface area (Å²) in [7, 11) is 0. The minimum atomic E-state index is -1.14. The summed E-state index contributed by atoms with van der Waals surface area (Å²) in [5.74, 6) is -1.71. The highest BCUT2D eigenvalue weighted by atomic mass is 16.5. The lowest BCUT2D eigenvalue weighted by molar-refractivity contribution is -0.138. The molecule has 0 saturated heterocycles. The summed E-state index contributed by atoms with van der Waals surface area (Å²) in [6.45, 7) is 2.63. The summed E-state index contributed by atoms with van der Waals surface area (Å²) in [6.07, 6.45) is 19.8. The van der Waals surface area contributed by atoms with Crippen molar-refractivity contribution >= 4 is 11.9 Å². The molecular weight excluding hydrogens is 304 g/mol. The number of ether oxygens (including phenoxy) is 1. The van der Waals surface area contributed by atoms with Gasteiger partial charge in [0, 0.05) is 12.2 Å². The highest BCUT2D eigenvalue weighted by Crippen LogP contribution is 2.12. The third kappa shape index (κ3) is 18.7. The van der Waals surface area contributed by atoms with E-state index in [-0.39, 0.29) is 0 Å². The van der Waals surface area contributed by atoms with Crippen LogP contribution in [0.15, 0.2) is 12.2 Å². The Balaban J connectivity index is 3.15. The summed E-state index contributed by atoms with van der Waals surface area (Å²) in [5.41, 5.74) is 0. The Bertz CT molecular complexity index is 337. The molecule has 0 fully saturated rings. The first-order valence-electron chi connectivity index (χ1n) is 9.74. The summed E-state index contributed by atoms with van der Waals surface area (Å²) in [6, 6.07) is 0. The lowest BCUT2D eigenvalue weighted by atomic mass is 10.0. The molecule has 0 aliphatic carbocycles. The van der Waals surface area contributed by atoms with Crippen LogP contribution < -0.4 is 0 Å². The minimum absolute atomic E-state index is 0.376. The van der Waals surface area contributed by atoms with E-state index < -0.39 is 11.9 Å². The van der Waals surface area contributed by atoms with Crippen LogP contribution in [0.3, 0.4) is 0 Å². The van der Waals surface area contributed by atoms with Gasteiger partial charge in [-0.1, -0.05) is 90.4 Å². The highest BCUT2D eigenvalue weighted by molar-refractivity contribution is 5.90. The number of hydrogen-bond acceptors (Lipinski definition) is 3. The van der Waals surface area contributed by atoms with Crippen LogP contribution in [0.25, 0.3) is 0 Å². The second kappa shape index (κ2) is 18.0. The second-order valence-corrected chi connectivity index (χ2v) is 6.44. The van der Waals surface area contributed by atoms with Gasteiger partial charge in [-0.05, 0) is 6.42 Å². The molecule has 0 aromatic carbocycles. The van der Waals surface area contributed by atoms with Crippen LogP contribution in [-0.4, -0.2) is 23.7 Å². The van der Waals surface area contributed by atoms with Crippen molar-refractivity contribution in [2.45, 2.75) is 96.8 Å². The molecule has 4 heteroatoms. The van der Waals surface area contributed by atoms with Crippen molar-refractivity contribution in [1.82, 2.24) is 0 Å². The third-order valence-electron chi connectivity index (χ3n) is 4.10. The van der Waals surface area contributed by atoms with Crippen LogP contribution >= 0.6 is 0 Å². The Morgan fingerprint density at radius 1 is 0.708 bits per heavy atom. The highest BCUT2D eigenvalue weighted by Gasteiger charge is 1.98. The summed E-state index contributed by atoms with van der Waals surface area (Å²) in [4.78, 5) is 21.3. The second-order valence-electron chi connectivity index (χ2n) is 6.44. The van der Waals surface area contributed by atoms with Crippen molar-refractivity contribution in [1.29, 1.82) is 0 Å². The molecule has 0 spiro atoms. The predicted octanol–water partition coefficient (Wildman–Crippen LogP) is 5.65. The van der Waals surface area contributed by atoms with Crippen molar-refractivity contribution in [2.24, 2.45) is 0 Å². The fraction of sp³-hybridized carbons (Fsp3) is 0.800. The van der Waals surface area contributed by atoms with E-state index in [1.807, 2.05) is 0 Å². The summed E-state index contributed by atoms with van der Waals surface area (Å²) >= 11 is 0. The standard InChI is InChI=1S/C20H36O4/c1-2-3-4-5-6-7-8-9-10-11-12-13-14-15-18-24-20(23)17-16-19(21)22/h16-17H,2-15,18H2,1H3,(H,21,22)/b17-16-. The SMILES string of the molecule is CCCCCCCCCCCCCCCCOC(=O)/C=C\C(=O)O. The molecule has 0 bridgehead atoms. The zero-order valence-corrected chi connectivity index (χ0v) is 15.4. The molecule has 0 unspecified atom stereocenters. The zero-order valence-electron chi connectivity index (χ0n) is 15.4. The van der Waals surface area contributed by atoms with Gasteiger partial charge in [0.25, 0.3) is 0 Å². The van der Waals surface area contributed by atoms with E-state index in [4.69, 9.17) is 9.84 Å². The number of carbonyl (C=O) groups excluding carboxylic acids is 1. The molecule has 0 aromatic rings. The first kappa shape index (κ1) is 22.7. The van der Waals surface area contributed by atoms with Crippen LogP contribution in [0.5, 0.6) is 0 Å². The van der Waals surface area contributed by atoms with E-state index in [0.717, 1.165) is 25.0 Å². The predicted molar refractivity (Wildman–Crippen MR) is 98.0 cm³/mol. The topological polar surface area (TPSA) is 63.6 Å².